The second-order valence-electron chi connectivity index (χ2n) is 16.5. The van der Waals surface area contributed by atoms with E-state index in [9.17, 15) is 14.0 Å². The summed E-state index contributed by atoms with van der Waals surface area (Å²) in [6.45, 7) is 15.4. The quantitative estimate of drug-likeness (QED) is 0.130. The molecule has 1 saturated heterocycles. The van der Waals surface area contributed by atoms with Gasteiger partial charge in [-0.25, -0.2) is 4.39 Å². The minimum Gasteiger partial charge on any atom is -0.347 e. The van der Waals surface area contributed by atoms with Crippen molar-refractivity contribution in [3.63, 3.8) is 0 Å². The fourth-order valence-electron chi connectivity index (χ4n) is 8.03. The van der Waals surface area contributed by atoms with E-state index in [0.29, 0.717) is 37.2 Å². The van der Waals surface area contributed by atoms with Crippen LogP contribution in [-0.2, 0) is 27.2 Å². The summed E-state index contributed by atoms with van der Waals surface area (Å²) < 4.78 is 29.6. The zero-order valence-electron chi connectivity index (χ0n) is 33.8. The lowest BCUT2D eigenvalue weighted by Gasteiger charge is -2.42. The van der Waals surface area contributed by atoms with Gasteiger partial charge in [0.15, 0.2) is 5.79 Å². The van der Waals surface area contributed by atoms with Crippen molar-refractivity contribution >= 4 is 17.5 Å². The van der Waals surface area contributed by atoms with E-state index in [2.05, 4.69) is 56.6 Å². The van der Waals surface area contributed by atoms with Crippen LogP contribution < -0.4 is 5.32 Å². The Morgan fingerprint density at radius 3 is 2.04 bits per heavy atom. The Labute approximate surface area is 331 Å². The molecule has 2 amide bonds. The maximum Gasteiger partial charge on any atom is 0.258 e. The summed E-state index contributed by atoms with van der Waals surface area (Å²) in [5, 5.41) is 3.15. The number of nitrogens with zero attached hydrogens (tertiary/aromatic N) is 2. The molecule has 7 nitrogen and oxygen atoms in total. The Bertz CT molecular complexity index is 2070. The van der Waals surface area contributed by atoms with E-state index >= 15 is 0 Å². The fourth-order valence-corrected chi connectivity index (χ4v) is 8.03. The van der Waals surface area contributed by atoms with Crippen LogP contribution in [0, 0.1) is 5.82 Å². The lowest BCUT2D eigenvalue weighted by atomic mass is 9.94. The number of anilines is 1. The molecule has 0 spiro atoms. The molecule has 0 aliphatic carbocycles. The Morgan fingerprint density at radius 2 is 1.43 bits per heavy atom. The molecular weight excluding hydrogens is 702 g/mol. The largest absolute Gasteiger partial charge is 0.347 e. The van der Waals surface area contributed by atoms with Crippen molar-refractivity contribution in [2.45, 2.75) is 110 Å². The minimum absolute atomic E-state index is 0.0418. The maximum atomic E-state index is 14.5. The van der Waals surface area contributed by atoms with E-state index in [1.165, 1.54) is 17.7 Å². The average Bonchev–Trinajstić information content (AvgIpc) is 3.50. The molecule has 1 fully saturated rings. The topological polar surface area (TPSA) is 72.8 Å². The summed E-state index contributed by atoms with van der Waals surface area (Å²) in [5.74, 6) is -1.43. The van der Waals surface area contributed by atoms with Gasteiger partial charge in [-0.3, -0.25) is 9.59 Å². The Kier molecular flexibility index (Phi) is 12.6. The van der Waals surface area contributed by atoms with Gasteiger partial charge in [-0.1, -0.05) is 92.7 Å². The Hall–Kier alpha value is -5.05. The van der Waals surface area contributed by atoms with Crippen molar-refractivity contribution in [3.05, 3.63) is 138 Å². The van der Waals surface area contributed by atoms with Crippen LogP contribution in [0.5, 0.6) is 0 Å². The van der Waals surface area contributed by atoms with Gasteiger partial charge in [0.05, 0.1) is 29.9 Å². The van der Waals surface area contributed by atoms with Gasteiger partial charge in [-0.05, 0) is 106 Å². The summed E-state index contributed by atoms with van der Waals surface area (Å²) in [4.78, 5) is 30.5. The summed E-state index contributed by atoms with van der Waals surface area (Å²) >= 11 is 0. The molecule has 1 aliphatic rings. The Balaban J connectivity index is 1.33. The number of carbonyl (C=O) groups excluding carboxylic acids is 2. The highest BCUT2D eigenvalue weighted by molar-refractivity contribution is 6.12. The number of ether oxygens (including phenoxy) is 2. The molecule has 0 bridgehead atoms. The summed E-state index contributed by atoms with van der Waals surface area (Å²) in [5.41, 5.74) is 6.34. The van der Waals surface area contributed by atoms with Crippen molar-refractivity contribution in [1.82, 2.24) is 9.47 Å². The van der Waals surface area contributed by atoms with Gasteiger partial charge < -0.3 is 24.3 Å². The number of hydrogen-bond acceptors (Lipinski definition) is 4. The van der Waals surface area contributed by atoms with Crippen LogP contribution in [0.4, 0.5) is 10.1 Å². The third kappa shape index (κ3) is 9.84. The first-order valence-corrected chi connectivity index (χ1v) is 19.8. The maximum absolute atomic E-state index is 14.5. The van der Waals surface area contributed by atoms with E-state index in [1.54, 1.807) is 12.1 Å². The predicted molar refractivity (Wildman–Crippen MR) is 223 cm³/mol. The van der Waals surface area contributed by atoms with Gasteiger partial charge in [0.2, 0.25) is 5.91 Å². The molecule has 5 aromatic rings. The minimum atomic E-state index is -0.905. The highest BCUT2D eigenvalue weighted by Gasteiger charge is 2.39. The second-order valence-corrected chi connectivity index (χ2v) is 16.5. The molecule has 6 rings (SSSR count). The van der Waals surface area contributed by atoms with Crippen LogP contribution in [0.3, 0.4) is 0 Å². The van der Waals surface area contributed by atoms with Crippen LogP contribution in [0.25, 0.3) is 22.4 Å². The number of amides is 2. The first-order valence-electron chi connectivity index (χ1n) is 19.8. The Morgan fingerprint density at radius 1 is 0.839 bits per heavy atom. The number of carbonyl (C=O) groups is 2. The van der Waals surface area contributed by atoms with Crippen molar-refractivity contribution in [3.8, 4) is 22.4 Å². The van der Waals surface area contributed by atoms with Crippen LogP contribution in [0.1, 0.15) is 95.3 Å². The van der Waals surface area contributed by atoms with Crippen LogP contribution in [-0.4, -0.2) is 51.4 Å². The predicted octanol–water partition coefficient (Wildman–Crippen LogP) is 10.9. The van der Waals surface area contributed by atoms with E-state index in [-0.39, 0.29) is 47.7 Å². The summed E-state index contributed by atoms with van der Waals surface area (Å²) in [6, 6.07) is 36.1. The molecule has 1 aromatic heterocycles. The van der Waals surface area contributed by atoms with Crippen LogP contribution in [0.15, 0.2) is 115 Å². The number of rotatable bonds is 13. The van der Waals surface area contributed by atoms with E-state index in [4.69, 9.17) is 9.47 Å². The molecule has 8 heteroatoms. The smallest absolute Gasteiger partial charge is 0.258 e. The molecular formula is C48H56FN3O4. The highest BCUT2D eigenvalue weighted by atomic mass is 19.1. The molecule has 294 valence electrons. The number of hydrogen-bond donors (Lipinski definition) is 1. The third-order valence-corrected chi connectivity index (χ3v) is 10.4. The monoisotopic (exact) mass is 757 g/mol. The molecule has 0 saturated carbocycles. The first kappa shape index (κ1) is 40.6. The normalized spacial score (nSPS) is 16.8. The molecule has 4 aromatic carbocycles. The lowest BCUT2D eigenvalue weighted by molar-refractivity contribution is -0.300. The highest BCUT2D eigenvalue weighted by Crippen LogP contribution is 2.43. The van der Waals surface area contributed by atoms with Gasteiger partial charge in [0.1, 0.15) is 5.82 Å². The molecule has 2 atom stereocenters. The molecule has 1 N–H and O–H groups in total. The van der Waals surface area contributed by atoms with Crippen molar-refractivity contribution in [1.29, 1.82) is 0 Å². The molecule has 2 heterocycles. The number of benzene rings is 4. The zero-order chi connectivity index (χ0) is 40.0. The van der Waals surface area contributed by atoms with Crippen molar-refractivity contribution in [2.24, 2.45) is 0 Å². The molecule has 2 unspecified atom stereocenters. The standard InChI is InChI=1S/C48H56FN3O4/c1-33(2)44-43(46(54)50-38-21-15-10-16-22-38)42(35-19-13-9-14-20-35)45(36-23-25-37(49)26-24-36)51(44)29-28-39-31-40(56-48(6,7)55-39)32-41(53)52(47(3,4)5)30-27-34-17-11-8-12-18-34/h8-26,33,39-40H,27-32H2,1-7H3,(H,50,54). The molecule has 1 aliphatic heterocycles. The number of halogens is 1. The number of aromatic nitrogens is 1. The first-order chi connectivity index (χ1) is 26.7. The van der Waals surface area contributed by atoms with Crippen LogP contribution in [0.2, 0.25) is 0 Å². The fraction of sp³-hybridized carbons (Fsp3) is 0.375. The summed E-state index contributed by atoms with van der Waals surface area (Å²) in [7, 11) is 0. The lowest BCUT2D eigenvalue weighted by Crippen LogP contribution is -2.50. The van der Waals surface area contributed by atoms with Gasteiger partial charge in [-0.15, -0.1) is 0 Å². The number of para-hydroxylation sites is 1. The van der Waals surface area contributed by atoms with Gasteiger partial charge in [0, 0.05) is 42.0 Å². The van der Waals surface area contributed by atoms with E-state index < -0.39 is 5.79 Å². The van der Waals surface area contributed by atoms with E-state index in [1.807, 2.05) is 97.6 Å². The molecule has 56 heavy (non-hydrogen) atoms. The average molecular weight is 758 g/mol. The second kappa shape index (κ2) is 17.4. The van der Waals surface area contributed by atoms with Crippen molar-refractivity contribution in [2.75, 3.05) is 11.9 Å². The summed E-state index contributed by atoms with van der Waals surface area (Å²) in [6.07, 6.45) is 1.60. The number of nitrogens with one attached hydrogen (secondary N) is 1. The van der Waals surface area contributed by atoms with Gasteiger partial charge in [-0.2, -0.15) is 0 Å². The van der Waals surface area contributed by atoms with Gasteiger partial charge in [0.25, 0.3) is 5.91 Å². The van der Waals surface area contributed by atoms with Crippen molar-refractivity contribution < 1.29 is 23.5 Å². The zero-order valence-corrected chi connectivity index (χ0v) is 33.8. The van der Waals surface area contributed by atoms with Crippen LogP contribution >= 0.6 is 0 Å². The SMILES string of the molecule is CC(C)c1c(C(=O)Nc2ccccc2)c(-c2ccccc2)c(-c2ccc(F)cc2)n1CCC1CC(CC(=O)N(CCc2ccccc2)C(C)(C)C)OC(C)(C)O1. The van der Waals surface area contributed by atoms with Gasteiger partial charge >= 0.3 is 0 Å². The third-order valence-electron chi connectivity index (χ3n) is 10.4. The van der Waals surface area contributed by atoms with E-state index in [0.717, 1.165) is 34.5 Å². The molecule has 0 radical (unpaired) electrons.